The zero-order valence-corrected chi connectivity index (χ0v) is 20.4. The molecule has 1 aromatic carbocycles. The highest BCUT2D eigenvalue weighted by Gasteiger charge is 2.44. The van der Waals surface area contributed by atoms with Crippen LogP contribution in [-0.2, 0) is 25.8 Å². The molecule has 1 fully saturated rings. The van der Waals surface area contributed by atoms with Crippen LogP contribution in [0.2, 0.25) is 0 Å². The van der Waals surface area contributed by atoms with Crippen LogP contribution in [-0.4, -0.2) is 64.0 Å². The van der Waals surface area contributed by atoms with Gasteiger partial charge in [-0.1, -0.05) is 41.6 Å². The number of oxime groups is 1. The van der Waals surface area contributed by atoms with Crippen LogP contribution in [0.25, 0.3) is 0 Å². The lowest BCUT2D eigenvalue weighted by atomic mass is 9.77. The summed E-state index contributed by atoms with van der Waals surface area (Å²) in [7, 11) is 0. The minimum Gasteiger partial charge on any atom is -0.480 e. The molecule has 1 saturated carbocycles. The molecule has 0 unspecified atom stereocenters. The second-order valence-corrected chi connectivity index (χ2v) is 9.35. The Labute approximate surface area is 214 Å². The Morgan fingerprint density at radius 1 is 1.19 bits per heavy atom. The maximum absolute atomic E-state index is 12.2. The van der Waals surface area contributed by atoms with E-state index < -0.39 is 23.7 Å². The fourth-order valence-corrected chi connectivity index (χ4v) is 4.55. The maximum atomic E-state index is 12.2. The molecule has 1 atom stereocenters. The van der Waals surface area contributed by atoms with E-state index in [-0.39, 0.29) is 13.2 Å². The average molecular weight is 510 g/mol. The van der Waals surface area contributed by atoms with Crippen molar-refractivity contribution in [3.05, 3.63) is 60.3 Å². The molecule has 1 spiro atoms. The largest absolute Gasteiger partial charge is 0.480 e. The summed E-state index contributed by atoms with van der Waals surface area (Å²) in [6, 6.07) is 13.4. The van der Waals surface area contributed by atoms with E-state index in [1.165, 1.54) is 4.90 Å². The van der Waals surface area contributed by atoms with Gasteiger partial charge in [0.15, 0.2) is 5.84 Å². The Bertz CT molecular complexity index is 1090. The van der Waals surface area contributed by atoms with Crippen LogP contribution >= 0.6 is 0 Å². The number of anilines is 1. The van der Waals surface area contributed by atoms with Crippen molar-refractivity contribution < 1.29 is 29.1 Å². The number of carbonyl (C=O) groups is 3. The molecule has 1 aliphatic carbocycles. The second-order valence-electron chi connectivity index (χ2n) is 9.35. The van der Waals surface area contributed by atoms with Crippen LogP contribution in [0.3, 0.4) is 0 Å². The van der Waals surface area contributed by atoms with E-state index in [0.717, 1.165) is 43.6 Å². The number of nitrogens with one attached hydrogen (secondary N) is 2. The van der Waals surface area contributed by atoms with Crippen LogP contribution in [0.5, 0.6) is 0 Å². The van der Waals surface area contributed by atoms with E-state index >= 15 is 0 Å². The van der Waals surface area contributed by atoms with Gasteiger partial charge in [-0.25, -0.2) is 14.6 Å². The van der Waals surface area contributed by atoms with Gasteiger partial charge in [-0.15, -0.1) is 0 Å². The molecule has 3 N–H and O–H groups in total. The van der Waals surface area contributed by atoms with Gasteiger partial charge in [0.05, 0.1) is 13.0 Å². The van der Waals surface area contributed by atoms with Crippen molar-refractivity contribution in [2.75, 3.05) is 18.4 Å². The summed E-state index contributed by atoms with van der Waals surface area (Å²) in [5, 5.41) is 19.4. The van der Waals surface area contributed by atoms with Crippen molar-refractivity contribution in [1.29, 1.82) is 0 Å². The van der Waals surface area contributed by atoms with Crippen molar-refractivity contribution in [2.45, 2.75) is 50.4 Å². The number of hydrogen-bond donors (Lipinski definition) is 3. The zero-order valence-electron chi connectivity index (χ0n) is 20.4. The van der Waals surface area contributed by atoms with Gasteiger partial charge in [0.1, 0.15) is 24.1 Å². The monoisotopic (exact) mass is 509 g/mol. The molecule has 2 heterocycles. The minimum atomic E-state index is -1.37. The number of hydrogen-bond acceptors (Lipinski definition) is 8. The molecule has 37 heavy (non-hydrogen) atoms. The fourth-order valence-electron chi connectivity index (χ4n) is 4.55. The average Bonchev–Trinajstić information content (AvgIpc) is 3.33. The summed E-state index contributed by atoms with van der Waals surface area (Å²) in [4.78, 5) is 47.0. The number of amides is 2. The third-order valence-corrected chi connectivity index (χ3v) is 6.72. The van der Waals surface area contributed by atoms with Gasteiger partial charge in [-0.3, -0.25) is 9.69 Å². The first-order valence-electron chi connectivity index (χ1n) is 12.3. The number of amidine groups is 1. The van der Waals surface area contributed by atoms with Crippen LogP contribution < -0.4 is 10.6 Å². The smallest absolute Gasteiger partial charge is 0.408 e. The lowest BCUT2D eigenvalue weighted by Crippen LogP contribution is -2.50. The van der Waals surface area contributed by atoms with E-state index in [1.54, 1.807) is 30.5 Å². The van der Waals surface area contributed by atoms with Crippen molar-refractivity contribution in [3.63, 3.8) is 0 Å². The molecule has 4 rings (SSSR count). The van der Waals surface area contributed by atoms with Crippen LogP contribution in [0.15, 0.2) is 59.9 Å². The number of aliphatic carboxylic acids is 1. The number of aromatic nitrogens is 1. The highest BCUT2D eigenvalue weighted by atomic mass is 16.7. The van der Waals surface area contributed by atoms with Gasteiger partial charge in [-0.2, -0.15) is 0 Å². The van der Waals surface area contributed by atoms with Crippen LogP contribution in [0.1, 0.15) is 37.7 Å². The standard InChI is InChI=1S/C26H31N5O6/c32-18-31(16-21(24(33)34)29-25(35)36-17-20-6-2-1-3-7-20)23-14-26(37-30-23)11-9-19(10-12-26)15-28-22-8-4-5-13-27-22/h1-8,13,18-19,21H,9-12,14-17H2,(H,27,28)(H,29,35)(H,33,34)/t19?,21-,26?/m0/s1. The maximum Gasteiger partial charge on any atom is 0.408 e. The van der Waals surface area contributed by atoms with Gasteiger partial charge < -0.3 is 25.3 Å². The van der Waals surface area contributed by atoms with E-state index in [2.05, 4.69) is 20.8 Å². The Balaban J connectivity index is 1.25. The van der Waals surface area contributed by atoms with Gasteiger partial charge in [-0.05, 0) is 49.3 Å². The summed E-state index contributed by atoms with van der Waals surface area (Å²) < 4.78 is 5.11. The summed E-state index contributed by atoms with van der Waals surface area (Å²) in [5.74, 6) is 0.368. The normalized spacial score (nSPS) is 21.3. The number of rotatable bonds is 10. The van der Waals surface area contributed by atoms with E-state index in [4.69, 9.17) is 9.57 Å². The van der Waals surface area contributed by atoms with Gasteiger partial charge in [0.2, 0.25) is 6.41 Å². The summed E-state index contributed by atoms with van der Waals surface area (Å²) in [6.45, 7) is 0.514. The number of carboxylic acid groups (broad SMARTS) is 1. The molecule has 2 aromatic rings. The molecule has 2 amide bonds. The number of carbonyl (C=O) groups excluding carboxylic acids is 2. The first-order valence-corrected chi connectivity index (χ1v) is 12.3. The third-order valence-electron chi connectivity index (χ3n) is 6.72. The highest BCUT2D eigenvalue weighted by molar-refractivity contribution is 5.93. The molecule has 1 aliphatic heterocycles. The molecule has 196 valence electrons. The zero-order chi connectivity index (χ0) is 26.1. The molecule has 11 heteroatoms. The van der Waals surface area contributed by atoms with Crippen LogP contribution in [0, 0.1) is 5.92 Å². The van der Waals surface area contributed by atoms with Crippen molar-refractivity contribution in [3.8, 4) is 0 Å². The number of ether oxygens (including phenoxy) is 1. The Morgan fingerprint density at radius 3 is 2.62 bits per heavy atom. The molecule has 1 aromatic heterocycles. The van der Waals surface area contributed by atoms with Gasteiger partial charge >= 0.3 is 12.1 Å². The fraction of sp³-hybridized carbons (Fsp3) is 0.423. The highest BCUT2D eigenvalue weighted by Crippen LogP contribution is 2.41. The quantitative estimate of drug-likeness (QED) is 0.415. The van der Waals surface area contributed by atoms with Crippen LogP contribution in [0.4, 0.5) is 10.6 Å². The summed E-state index contributed by atoms with van der Waals surface area (Å²) >= 11 is 0. The molecular formula is C26H31N5O6. The lowest BCUT2D eigenvalue weighted by Gasteiger charge is -2.35. The minimum absolute atomic E-state index is 0.00213. The Hall–Kier alpha value is -4.15. The van der Waals surface area contributed by atoms with Crippen molar-refractivity contribution in [1.82, 2.24) is 15.2 Å². The van der Waals surface area contributed by atoms with E-state index in [0.29, 0.717) is 24.6 Å². The first kappa shape index (κ1) is 25.9. The molecule has 11 nitrogen and oxygen atoms in total. The number of benzene rings is 1. The number of pyridine rings is 1. The number of nitrogens with zero attached hydrogens (tertiary/aromatic N) is 3. The Morgan fingerprint density at radius 2 is 1.95 bits per heavy atom. The third kappa shape index (κ3) is 7.18. The van der Waals surface area contributed by atoms with Crippen molar-refractivity contribution >= 4 is 30.1 Å². The number of carboxylic acids is 1. The van der Waals surface area contributed by atoms with Gasteiger partial charge in [0, 0.05) is 12.7 Å². The van der Waals surface area contributed by atoms with E-state index in [1.807, 2.05) is 24.3 Å². The SMILES string of the molecule is O=CN(C[C@H](NC(=O)OCc1ccccc1)C(=O)O)C1=NOC2(CCC(CNc3ccccn3)CC2)C1. The number of alkyl carbamates (subject to hydrolysis) is 1. The van der Waals surface area contributed by atoms with E-state index in [9.17, 15) is 19.5 Å². The molecular weight excluding hydrogens is 478 g/mol. The second kappa shape index (κ2) is 12.2. The van der Waals surface area contributed by atoms with Crippen molar-refractivity contribution in [2.24, 2.45) is 11.1 Å². The summed E-state index contributed by atoms with van der Waals surface area (Å²) in [6.07, 6.45) is 5.17. The molecule has 2 aliphatic rings. The Kier molecular flexibility index (Phi) is 8.55. The predicted octanol–water partition coefficient (Wildman–Crippen LogP) is 2.99. The topological polar surface area (TPSA) is 142 Å². The molecule has 0 saturated heterocycles. The predicted molar refractivity (Wildman–Crippen MR) is 135 cm³/mol. The molecule has 0 bridgehead atoms. The summed E-state index contributed by atoms with van der Waals surface area (Å²) in [5.41, 5.74) is 0.266. The molecule has 0 radical (unpaired) electrons. The lowest BCUT2D eigenvalue weighted by molar-refractivity contribution is -0.139. The first-order chi connectivity index (χ1) is 18.0. The van der Waals surface area contributed by atoms with Gasteiger partial charge in [0.25, 0.3) is 0 Å².